The Labute approximate surface area is 92.0 Å². The van der Waals surface area contributed by atoms with Crippen molar-refractivity contribution < 1.29 is 4.79 Å². The molecule has 1 atom stereocenters. The number of carbonyl (C=O) groups excluding carboxylic acids is 1. The second kappa shape index (κ2) is 6.23. The highest BCUT2D eigenvalue weighted by Crippen LogP contribution is 2.18. The maximum Gasteiger partial charge on any atom is 0.223 e. The van der Waals surface area contributed by atoms with Crippen molar-refractivity contribution in [2.75, 3.05) is 6.54 Å². The van der Waals surface area contributed by atoms with Gasteiger partial charge in [-0.1, -0.05) is 30.9 Å². The first kappa shape index (κ1) is 11.8. The van der Waals surface area contributed by atoms with Crippen molar-refractivity contribution in [3.8, 4) is 0 Å². The minimum atomic E-state index is 0.0400. The Morgan fingerprint density at radius 2 is 2.40 bits per heavy atom. The van der Waals surface area contributed by atoms with Crippen LogP contribution in [0.5, 0.6) is 0 Å². The molecule has 1 amide bonds. The molecule has 0 aromatic heterocycles. The van der Waals surface area contributed by atoms with Gasteiger partial charge in [0.1, 0.15) is 0 Å². The van der Waals surface area contributed by atoms with Gasteiger partial charge in [-0.05, 0) is 31.4 Å². The van der Waals surface area contributed by atoms with Gasteiger partial charge in [0.05, 0.1) is 0 Å². The van der Waals surface area contributed by atoms with E-state index in [0.717, 1.165) is 6.42 Å². The van der Waals surface area contributed by atoms with Gasteiger partial charge in [0, 0.05) is 13.5 Å². The van der Waals surface area contributed by atoms with Gasteiger partial charge in [0.25, 0.3) is 0 Å². The average molecular weight is 205 g/mol. The molecule has 1 aliphatic carbocycles. The summed E-state index contributed by atoms with van der Waals surface area (Å²) in [6.07, 6.45) is 13.8. The standard InChI is InChI=1S/C13H19NO/c1-3-14(12(2)15)11-7-10-13-8-5-4-6-9-13/h3-5,7,10,13H,1,6,8-9,11H2,2H3/b10-7-. The number of allylic oxidation sites excluding steroid dienone is 3. The van der Waals surface area contributed by atoms with Crippen LogP contribution in [-0.2, 0) is 4.79 Å². The first-order valence-corrected chi connectivity index (χ1v) is 5.45. The Balaban J connectivity index is 2.34. The van der Waals surface area contributed by atoms with Gasteiger partial charge in [-0.25, -0.2) is 0 Å². The predicted octanol–water partition coefficient (Wildman–Crippen LogP) is 2.89. The van der Waals surface area contributed by atoms with Gasteiger partial charge < -0.3 is 4.90 Å². The number of nitrogens with zero attached hydrogens (tertiary/aromatic N) is 1. The van der Waals surface area contributed by atoms with E-state index in [1.807, 2.05) is 0 Å². The van der Waals surface area contributed by atoms with Crippen molar-refractivity contribution in [2.24, 2.45) is 5.92 Å². The molecule has 1 rings (SSSR count). The van der Waals surface area contributed by atoms with Crippen LogP contribution in [0.2, 0.25) is 0 Å². The third kappa shape index (κ3) is 4.15. The van der Waals surface area contributed by atoms with E-state index in [1.165, 1.54) is 12.8 Å². The summed E-state index contributed by atoms with van der Waals surface area (Å²) in [5.41, 5.74) is 0. The molecule has 0 spiro atoms. The second-order valence-electron chi connectivity index (χ2n) is 3.83. The molecule has 82 valence electrons. The molecular weight excluding hydrogens is 186 g/mol. The lowest BCUT2D eigenvalue weighted by Crippen LogP contribution is -2.22. The van der Waals surface area contributed by atoms with Gasteiger partial charge >= 0.3 is 0 Å². The van der Waals surface area contributed by atoms with Crippen LogP contribution in [0.25, 0.3) is 0 Å². The third-order valence-electron chi connectivity index (χ3n) is 2.64. The van der Waals surface area contributed by atoms with E-state index < -0.39 is 0 Å². The summed E-state index contributed by atoms with van der Waals surface area (Å²) >= 11 is 0. The Morgan fingerprint density at radius 1 is 1.60 bits per heavy atom. The van der Waals surface area contributed by atoms with Crippen molar-refractivity contribution in [2.45, 2.75) is 26.2 Å². The molecule has 0 bridgehead atoms. The number of carbonyl (C=O) groups is 1. The van der Waals surface area contributed by atoms with Crippen molar-refractivity contribution >= 4 is 5.91 Å². The van der Waals surface area contributed by atoms with Crippen LogP contribution in [0.1, 0.15) is 26.2 Å². The largest absolute Gasteiger partial charge is 0.316 e. The lowest BCUT2D eigenvalue weighted by molar-refractivity contribution is -0.125. The quantitative estimate of drug-likeness (QED) is 0.646. The van der Waals surface area contributed by atoms with Crippen molar-refractivity contribution in [3.63, 3.8) is 0 Å². The molecule has 0 heterocycles. The summed E-state index contributed by atoms with van der Waals surface area (Å²) < 4.78 is 0. The topological polar surface area (TPSA) is 20.3 Å². The average Bonchev–Trinajstić information content (AvgIpc) is 2.25. The molecule has 2 nitrogen and oxygen atoms in total. The summed E-state index contributed by atoms with van der Waals surface area (Å²) in [4.78, 5) is 12.7. The molecule has 0 aromatic carbocycles. The Hall–Kier alpha value is -1.31. The summed E-state index contributed by atoms with van der Waals surface area (Å²) in [6.45, 7) is 5.80. The van der Waals surface area contributed by atoms with Crippen LogP contribution in [0.4, 0.5) is 0 Å². The Kier molecular flexibility index (Phi) is 4.88. The van der Waals surface area contributed by atoms with Gasteiger partial charge in [-0.3, -0.25) is 4.79 Å². The number of hydrogen-bond donors (Lipinski definition) is 0. The summed E-state index contributed by atoms with van der Waals surface area (Å²) in [7, 11) is 0. The summed E-state index contributed by atoms with van der Waals surface area (Å²) in [6, 6.07) is 0. The number of hydrogen-bond acceptors (Lipinski definition) is 1. The third-order valence-corrected chi connectivity index (χ3v) is 2.64. The van der Waals surface area contributed by atoms with Crippen LogP contribution >= 0.6 is 0 Å². The van der Waals surface area contributed by atoms with Gasteiger partial charge in [0.2, 0.25) is 5.91 Å². The lowest BCUT2D eigenvalue weighted by atomic mass is 9.94. The molecule has 0 fully saturated rings. The molecule has 1 unspecified atom stereocenters. The zero-order valence-electron chi connectivity index (χ0n) is 9.36. The monoisotopic (exact) mass is 205 g/mol. The normalized spacial score (nSPS) is 20.5. The van der Waals surface area contributed by atoms with Gasteiger partial charge in [-0.2, -0.15) is 0 Å². The number of rotatable bonds is 4. The van der Waals surface area contributed by atoms with Crippen LogP contribution in [0, 0.1) is 5.92 Å². The molecular formula is C13H19NO. The predicted molar refractivity (Wildman–Crippen MR) is 63.2 cm³/mol. The first-order valence-electron chi connectivity index (χ1n) is 5.45. The smallest absolute Gasteiger partial charge is 0.223 e. The molecule has 0 N–H and O–H groups in total. The molecule has 0 saturated heterocycles. The molecule has 0 radical (unpaired) electrons. The van der Waals surface area contributed by atoms with E-state index in [2.05, 4.69) is 30.9 Å². The zero-order chi connectivity index (χ0) is 11.1. The van der Waals surface area contributed by atoms with E-state index in [9.17, 15) is 4.79 Å². The van der Waals surface area contributed by atoms with Crippen molar-refractivity contribution in [3.05, 3.63) is 37.1 Å². The lowest BCUT2D eigenvalue weighted by Gasteiger charge is -2.15. The highest BCUT2D eigenvalue weighted by atomic mass is 16.2. The minimum absolute atomic E-state index is 0.0400. The first-order chi connectivity index (χ1) is 7.24. The van der Waals surface area contributed by atoms with Crippen LogP contribution in [0.15, 0.2) is 37.1 Å². The maximum absolute atomic E-state index is 11.1. The molecule has 1 aliphatic rings. The molecule has 15 heavy (non-hydrogen) atoms. The van der Waals surface area contributed by atoms with Gasteiger partial charge in [-0.15, -0.1) is 0 Å². The molecule has 0 aromatic rings. The second-order valence-corrected chi connectivity index (χ2v) is 3.83. The van der Waals surface area contributed by atoms with Gasteiger partial charge in [0.15, 0.2) is 0 Å². The maximum atomic E-state index is 11.1. The summed E-state index contributed by atoms with van der Waals surface area (Å²) in [5.74, 6) is 0.687. The Bertz CT molecular complexity index is 278. The van der Waals surface area contributed by atoms with E-state index in [1.54, 1.807) is 18.0 Å². The molecule has 0 aliphatic heterocycles. The van der Waals surface area contributed by atoms with E-state index in [-0.39, 0.29) is 5.91 Å². The fourth-order valence-electron chi connectivity index (χ4n) is 1.69. The zero-order valence-corrected chi connectivity index (χ0v) is 9.36. The minimum Gasteiger partial charge on any atom is -0.316 e. The highest BCUT2D eigenvalue weighted by Gasteiger charge is 2.06. The van der Waals surface area contributed by atoms with Crippen LogP contribution in [-0.4, -0.2) is 17.4 Å². The Morgan fingerprint density at radius 3 is 2.93 bits per heavy atom. The number of amides is 1. The highest BCUT2D eigenvalue weighted by molar-refractivity contribution is 5.74. The fraction of sp³-hybridized carbons (Fsp3) is 0.462. The fourth-order valence-corrected chi connectivity index (χ4v) is 1.69. The molecule has 0 saturated carbocycles. The summed E-state index contributed by atoms with van der Waals surface area (Å²) in [5, 5.41) is 0. The van der Waals surface area contributed by atoms with Crippen LogP contribution < -0.4 is 0 Å². The van der Waals surface area contributed by atoms with Crippen molar-refractivity contribution in [1.82, 2.24) is 4.90 Å². The van der Waals surface area contributed by atoms with E-state index in [0.29, 0.717) is 12.5 Å². The van der Waals surface area contributed by atoms with Crippen molar-refractivity contribution in [1.29, 1.82) is 0 Å². The van der Waals surface area contributed by atoms with E-state index >= 15 is 0 Å². The molecule has 2 heteroatoms. The SMILES string of the molecule is C=CN(C/C=C\C1CC=CCC1)C(C)=O. The van der Waals surface area contributed by atoms with E-state index in [4.69, 9.17) is 0 Å². The van der Waals surface area contributed by atoms with Crippen LogP contribution in [0.3, 0.4) is 0 Å².